The summed E-state index contributed by atoms with van der Waals surface area (Å²) in [5.41, 5.74) is 0.477. The number of anilines is 1. The maximum Gasteiger partial charge on any atom is 0.321 e. The highest BCUT2D eigenvalue weighted by Gasteiger charge is 2.31. The van der Waals surface area contributed by atoms with Crippen molar-refractivity contribution in [3.05, 3.63) is 12.1 Å². The van der Waals surface area contributed by atoms with E-state index in [2.05, 4.69) is 5.32 Å². The number of fused-ring (bicyclic) bond motifs is 1. The van der Waals surface area contributed by atoms with E-state index in [4.69, 9.17) is 19.3 Å². The molecule has 1 atom stereocenters. The molecule has 0 radical (unpaired) electrons. The predicted octanol–water partition coefficient (Wildman–Crippen LogP) is 1.79. The van der Waals surface area contributed by atoms with Crippen LogP contribution in [-0.2, 0) is 4.79 Å². The average Bonchev–Trinajstić information content (AvgIpc) is 3.06. The lowest BCUT2D eigenvalue weighted by atomic mass is 10.1. The molecule has 2 amide bonds. The Hall–Kier alpha value is -2.64. The number of hydrogen-bond acceptors (Lipinski definition) is 5. The van der Waals surface area contributed by atoms with Gasteiger partial charge in [-0.2, -0.15) is 0 Å². The van der Waals surface area contributed by atoms with Crippen LogP contribution in [0.1, 0.15) is 13.3 Å². The third-order valence-electron chi connectivity index (χ3n) is 4.01. The van der Waals surface area contributed by atoms with Gasteiger partial charge in [-0.3, -0.25) is 4.79 Å². The first-order valence-corrected chi connectivity index (χ1v) is 7.93. The number of benzene rings is 1. The predicted molar refractivity (Wildman–Crippen MR) is 84.9 cm³/mol. The van der Waals surface area contributed by atoms with Crippen LogP contribution in [0.4, 0.5) is 10.5 Å². The maximum absolute atomic E-state index is 12.4. The number of amides is 2. The Morgan fingerprint density at radius 1 is 1.33 bits per heavy atom. The van der Waals surface area contributed by atoms with Gasteiger partial charge in [-0.15, -0.1) is 0 Å². The molecule has 24 heavy (non-hydrogen) atoms. The summed E-state index contributed by atoms with van der Waals surface area (Å²) in [5, 5.41) is 11.8. The summed E-state index contributed by atoms with van der Waals surface area (Å²) in [5.74, 6) is 0.228. The number of aliphatic carboxylic acids is 1. The van der Waals surface area contributed by atoms with Crippen LogP contribution in [0.25, 0.3) is 0 Å². The number of likely N-dealkylation sites (tertiary alicyclic amines) is 1. The van der Waals surface area contributed by atoms with E-state index < -0.39 is 11.9 Å². The van der Waals surface area contributed by atoms with E-state index in [1.54, 1.807) is 12.1 Å². The van der Waals surface area contributed by atoms with Crippen molar-refractivity contribution in [2.45, 2.75) is 13.3 Å². The summed E-state index contributed by atoms with van der Waals surface area (Å²) >= 11 is 0. The molecule has 1 fully saturated rings. The molecular formula is C16H20N2O6. The quantitative estimate of drug-likeness (QED) is 0.870. The lowest BCUT2D eigenvalue weighted by Crippen LogP contribution is -2.34. The SMILES string of the molecule is CCOc1cc2c(cc1NC(=O)N1CCC(C(=O)O)C1)OCCO2. The van der Waals surface area contributed by atoms with E-state index in [0.717, 1.165) is 0 Å². The van der Waals surface area contributed by atoms with Gasteiger partial charge in [0.05, 0.1) is 18.2 Å². The van der Waals surface area contributed by atoms with Crippen molar-refractivity contribution in [2.75, 3.05) is 38.2 Å². The molecule has 2 N–H and O–H groups in total. The van der Waals surface area contributed by atoms with E-state index in [1.165, 1.54) is 4.90 Å². The van der Waals surface area contributed by atoms with Crippen LogP contribution >= 0.6 is 0 Å². The summed E-state index contributed by atoms with van der Waals surface area (Å²) in [6.07, 6.45) is 0.461. The fraction of sp³-hybridized carbons (Fsp3) is 0.500. The van der Waals surface area contributed by atoms with Crippen molar-refractivity contribution in [2.24, 2.45) is 5.92 Å². The van der Waals surface area contributed by atoms with Gasteiger partial charge in [0, 0.05) is 25.2 Å². The number of nitrogens with zero attached hydrogens (tertiary/aromatic N) is 1. The number of carbonyl (C=O) groups is 2. The molecule has 2 aliphatic heterocycles. The number of carbonyl (C=O) groups excluding carboxylic acids is 1. The van der Waals surface area contributed by atoms with E-state index in [1.807, 2.05) is 6.92 Å². The summed E-state index contributed by atoms with van der Waals surface area (Å²) in [6.45, 7) is 3.82. The number of carboxylic acid groups (broad SMARTS) is 1. The Balaban J connectivity index is 1.76. The zero-order valence-corrected chi connectivity index (χ0v) is 13.4. The van der Waals surface area contributed by atoms with Crippen molar-refractivity contribution < 1.29 is 28.9 Å². The second-order valence-electron chi connectivity index (χ2n) is 5.63. The van der Waals surface area contributed by atoms with Crippen LogP contribution in [-0.4, -0.2) is 54.9 Å². The maximum atomic E-state index is 12.4. The van der Waals surface area contributed by atoms with E-state index in [0.29, 0.717) is 55.7 Å². The topological polar surface area (TPSA) is 97.3 Å². The molecule has 0 bridgehead atoms. The molecule has 0 aliphatic carbocycles. The molecule has 130 valence electrons. The van der Waals surface area contributed by atoms with Gasteiger partial charge in [0.1, 0.15) is 19.0 Å². The molecule has 3 rings (SSSR count). The molecule has 0 aromatic heterocycles. The van der Waals surface area contributed by atoms with Crippen molar-refractivity contribution in [3.63, 3.8) is 0 Å². The van der Waals surface area contributed by atoms with Gasteiger partial charge in [-0.05, 0) is 13.3 Å². The van der Waals surface area contributed by atoms with Crippen molar-refractivity contribution >= 4 is 17.7 Å². The summed E-state index contributed by atoms with van der Waals surface area (Å²) in [7, 11) is 0. The van der Waals surface area contributed by atoms with Crippen LogP contribution in [0.5, 0.6) is 17.2 Å². The van der Waals surface area contributed by atoms with Crippen LogP contribution in [0.2, 0.25) is 0 Å². The van der Waals surface area contributed by atoms with Gasteiger partial charge in [0.15, 0.2) is 11.5 Å². The summed E-state index contributed by atoms with van der Waals surface area (Å²) in [4.78, 5) is 24.9. The van der Waals surface area contributed by atoms with Crippen molar-refractivity contribution in [1.29, 1.82) is 0 Å². The molecule has 8 heteroatoms. The third kappa shape index (κ3) is 3.32. The van der Waals surface area contributed by atoms with Gasteiger partial charge >= 0.3 is 12.0 Å². The highest BCUT2D eigenvalue weighted by Crippen LogP contribution is 2.40. The largest absolute Gasteiger partial charge is 0.492 e. The molecule has 1 saturated heterocycles. The van der Waals surface area contributed by atoms with Gasteiger partial charge in [-0.1, -0.05) is 0 Å². The first-order chi connectivity index (χ1) is 11.6. The minimum Gasteiger partial charge on any atom is -0.492 e. The van der Waals surface area contributed by atoms with E-state index >= 15 is 0 Å². The summed E-state index contributed by atoms with van der Waals surface area (Å²) in [6, 6.07) is 3.01. The molecule has 1 aromatic carbocycles. The molecule has 0 saturated carbocycles. The smallest absolute Gasteiger partial charge is 0.321 e. The van der Waals surface area contributed by atoms with Gasteiger partial charge in [0.2, 0.25) is 0 Å². The van der Waals surface area contributed by atoms with Gasteiger partial charge in [0.25, 0.3) is 0 Å². The minimum absolute atomic E-state index is 0.204. The van der Waals surface area contributed by atoms with Crippen LogP contribution < -0.4 is 19.5 Å². The van der Waals surface area contributed by atoms with Crippen LogP contribution in [0.3, 0.4) is 0 Å². The zero-order chi connectivity index (χ0) is 17.1. The Bertz CT molecular complexity index is 648. The highest BCUT2D eigenvalue weighted by molar-refractivity contribution is 5.92. The van der Waals surface area contributed by atoms with Gasteiger partial charge < -0.3 is 29.5 Å². The van der Waals surface area contributed by atoms with Crippen LogP contribution in [0.15, 0.2) is 12.1 Å². The summed E-state index contributed by atoms with van der Waals surface area (Å²) < 4.78 is 16.6. The molecule has 2 aliphatic rings. The number of rotatable bonds is 4. The minimum atomic E-state index is -0.875. The number of nitrogens with one attached hydrogen (secondary N) is 1. The van der Waals surface area contributed by atoms with E-state index in [9.17, 15) is 9.59 Å². The molecule has 1 aromatic rings. The lowest BCUT2D eigenvalue weighted by Gasteiger charge is -2.22. The second kappa shape index (κ2) is 6.86. The number of hydrogen-bond donors (Lipinski definition) is 2. The highest BCUT2D eigenvalue weighted by atomic mass is 16.6. The monoisotopic (exact) mass is 336 g/mol. The number of ether oxygens (including phenoxy) is 3. The Morgan fingerprint density at radius 2 is 2.04 bits per heavy atom. The number of urea groups is 1. The van der Waals surface area contributed by atoms with E-state index in [-0.39, 0.29) is 12.6 Å². The molecule has 0 spiro atoms. The fourth-order valence-corrected chi connectivity index (χ4v) is 2.78. The fourth-order valence-electron chi connectivity index (χ4n) is 2.78. The Labute approximate surface area is 139 Å². The second-order valence-corrected chi connectivity index (χ2v) is 5.63. The zero-order valence-electron chi connectivity index (χ0n) is 13.4. The average molecular weight is 336 g/mol. The van der Waals surface area contributed by atoms with Crippen molar-refractivity contribution in [1.82, 2.24) is 4.90 Å². The van der Waals surface area contributed by atoms with Crippen LogP contribution in [0, 0.1) is 5.92 Å². The van der Waals surface area contributed by atoms with Crippen molar-refractivity contribution in [3.8, 4) is 17.2 Å². The standard InChI is InChI=1S/C16H20N2O6/c1-2-22-12-8-14-13(23-5-6-24-14)7-11(12)17-16(21)18-4-3-10(9-18)15(19)20/h7-8,10H,2-6,9H2,1H3,(H,17,21)(H,19,20). The normalized spacial score (nSPS) is 19.0. The molecule has 1 unspecified atom stereocenters. The first-order valence-electron chi connectivity index (χ1n) is 7.93. The first kappa shape index (κ1) is 16.2. The molecular weight excluding hydrogens is 316 g/mol. The molecule has 2 heterocycles. The third-order valence-corrected chi connectivity index (χ3v) is 4.01. The number of carboxylic acids is 1. The lowest BCUT2D eigenvalue weighted by molar-refractivity contribution is -0.141. The Morgan fingerprint density at radius 3 is 2.67 bits per heavy atom. The van der Waals surface area contributed by atoms with Gasteiger partial charge in [-0.25, -0.2) is 4.79 Å². The molecule has 8 nitrogen and oxygen atoms in total. The Kier molecular flexibility index (Phi) is 4.64.